The minimum absolute atomic E-state index is 0.294. The van der Waals surface area contributed by atoms with E-state index in [0.29, 0.717) is 28.5 Å². The normalized spacial score (nSPS) is 19.1. The number of aromatic nitrogens is 2. The van der Waals surface area contributed by atoms with Gasteiger partial charge in [0, 0.05) is 60.6 Å². The van der Waals surface area contributed by atoms with Crippen LogP contribution in [0.3, 0.4) is 0 Å². The van der Waals surface area contributed by atoms with Gasteiger partial charge in [-0.25, -0.2) is 9.78 Å². The molecule has 2 aromatic carbocycles. The van der Waals surface area contributed by atoms with Gasteiger partial charge < -0.3 is 19.4 Å². The molecule has 1 saturated heterocycles. The number of carbonyl (C=O) groups is 1. The highest BCUT2D eigenvalue weighted by Gasteiger charge is 2.31. The van der Waals surface area contributed by atoms with Gasteiger partial charge in [-0.2, -0.15) is 0 Å². The molecule has 0 unspecified atom stereocenters. The Labute approximate surface area is 258 Å². The lowest BCUT2D eigenvalue weighted by Crippen LogP contribution is -2.52. The number of pyridine rings is 1. The number of nitrogens with one attached hydrogen (secondary N) is 1. The molecule has 0 spiro atoms. The van der Waals surface area contributed by atoms with Crippen molar-refractivity contribution in [2.24, 2.45) is 5.41 Å². The molecule has 1 aliphatic heterocycles. The van der Waals surface area contributed by atoms with Crippen molar-refractivity contribution in [1.82, 2.24) is 14.9 Å². The number of fused-ring (bicyclic) bond motifs is 1. The molecule has 1 fully saturated rings. The van der Waals surface area contributed by atoms with Crippen LogP contribution in [0, 0.1) is 5.41 Å². The molecule has 6 rings (SSSR count). The van der Waals surface area contributed by atoms with Gasteiger partial charge in [0.2, 0.25) is 0 Å². The first-order chi connectivity index (χ1) is 20.7. The fourth-order valence-corrected chi connectivity index (χ4v) is 6.47. The predicted molar refractivity (Wildman–Crippen MR) is 173 cm³/mol. The molecule has 1 atom stereocenters. The van der Waals surface area contributed by atoms with Crippen molar-refractivity contribution in [3.63, 3.8) is 0 Å². The van der Waals surface area contributed by atoms with Gasteiger partial charge in [-0.05, 0) is 79.1 Å². The number of piperazine rings is 1. The van der Waals surface area contributed by atoms with Crippen molar-refractivity contribution in [3.05, 3.63) is 88.7 Å². The van der Waals surface area contributed by atoms with Crippen LogP contribution in [0.2, 0.25) is 5.02 Å². The Morgan fingerprint density at radius 2 is 1.93 bits per heavy atom. The van der Waals surface area contributed by atoms with Crippen molar-refractivity contribution in [2.45, 2.75) is 46.1 Å². The molecule has 2 aliphatic rings. The summed E-state index contributed by atoms with van der Waals surface area (Å²) in [6.07, 6.45) is 6.91. The molecule has 224 valence electrons. The largest absolute Gasteiger partial charge is 0.465 e. The topological polar surface area (TPSA) is 70.7 Å². The molecule has 0 amide bonds. The van der Waals surface area contributed by atoms with Crippen LogP contribution in [0.5, 0.6) is 11.5 Å². The lowest BCUT2D eigenvalue weighted by atomic mass is 9.72. The van der Waals surface area contributed by atoms with E-state index in [4.69, 9.17) is 21.1 Å². The second-order valence-electron chi connectivity index (χ2n) is 12.6. The summed E-state index contributed by atoms with van der Waals surface area (Å²) in [6, 6.07) is 18.3. The zero-order valence-electron chi connectivity index (χ0n) is 25.3. The van der Waals surface area contributed by atoms with E-state index in [1.165, 1.54) is 24.7 Å². The molecule has 0 radical (unpaired) electrons. The number of methoxy groups -OCH3 is 1. The van der Waals surface area contributed by atoms with Crippen LogP contribution < -0.4 is 9.64 Å². The number of benzene rings is 2. The number of H-pyrrole nitrogens is 1. The number of esters is 1. The lowest BCUT2D eigenvalue weighted by Gasteiger charge is -2.43. The number of allylic oxidation sites excluding steroid dienone is 1. The maximum atomic E-state index is 12.6. The summed E-state index contributed by atoms with van der Waals surface area (Å²) in [5.74, 6) is 0.586. The molecular weight excluding hydrogens is 560 g/mol. The van der Waals surface area contributed by atoms with Crippen LogP contribution in [-0.4, -0.2) is 60.2 Å². The zero-order valence-corrected chi connectivity index (χ0v) is 26.1. The molecule has 1 N–H and O–H groups in total. The van der Waals surface area contributed by atoms with Crippen LogP contribution >= 0.6 is 11.6 Å². The van der Waals surface area contributed by atoms with E-state index in [1.54, 1.807) is 17.8 Å². The number of hydrogen-bond acceptors (Lipinski definition) is 6. The van der Waals surface area contributed by atoms with E-state index < -0.39 is 5.97 Å². The Balaban J connectivity index is 1.20. The van der Waals surface area contributed by atoms with Crippen LogP contribution in [-0.2, 0) is 4.74 Å². The Bertz CT molecular complexity index is 1660. The number of ether oxygens (including phenoxy) is 2. The van der Waals surface area contributed by atoms with E-state index in [0.717, 1.165) is 60.8 Å². The van der Waals surface area contributed by atoms with Crippen LogP contribution in [0.15, 0.2) is 72.6 Å². The third kappa shape index (κ3) is 6.43. The molecule has 3 heterocycles. The standard InChI is InChI=1S/C35H39ClN4O3/c1-23-21-40(16-15-39(23)22-26-11-13-35(2,3)19-31(26)24-5-7-27(36)8-6-24)28-9-10-30(34(41)42-4)32(18-28)43-29-17-25-12-14-37-33(25)38-20-29/h5-10,12,14,17-18,20,23H,11,13,15-16,19,21-22H2,1-4H3,(H,37,38)/t23-/m0/s1. The summed E-state index contributed by atoms with van der Waals surface area (Å²) in [7, 11) is 1.38. The SMILES string of the molecule is COC(=O)c1ccc(N2CCN(CC3=C(c4ccc(Cl)cc4)CC(C)(C)CC3)[C@@H](C)C2)cc1Oc1cnc2[nH]ccc2c1. The van der Waals surface area contributed by atoms with Gasteiger partial charge in [0.1, 0.15) is 22.7 Å². The Hall–Kier alpha value is -3.81. The summed E-state index contributed by atoms with van der Waals surface area (Å²) < 4.78 is 11.3. The first-order valence-electron chi connectivity index (χ1n) is 15.0. The van der Waals surface area contributed by atoms with Crippen molar-refractivity contribution in [2.75, 3.05) is 38.2 Å². The maximum absolute atomic E-state index is 12.6. The lowest BCUT2D eigenvalue weighted by molar-refractivity contribution is 0.0598. The monoisotopic (exact) mass is 598 g/mol. The van der Waals surface area contributed by atoms with E-state index in [-0.39, 0.29) is 0 Å². The van der Waals surface area contributed by atoms with Crippen LogP contribution in [0.25, 0.3) is 16.6 Å². The Kier molecular flexibility index (Phi) is 8.21. The molecule has 2 aromatic heterocycles. The molecule has 0 bridgehead atoms. The van der Waals surface area contributed by atoms with Gasteiger partial charge in [-0.15, -0.1) is 0 Å². The van der Waals surface area contributed by atoms with E-state index in [9.17, 15) is 4.79 Å². The van der Waals surface area contributed by atoms with Gasteiger partial charge >= 0.3 is 5.97 Å². The predicted octanol–water partition coefficient (Wildman–Crippen LogP) is 7.97. The number of carbonyl (C=O) groups excluding carboxylic acids is 1. The van der Waals surface area contributed by atoms with Crippen molar-refractivity contribution in [1.29, 1.82) is 0 Å². The highest BCUT2D eigenvalue weighted by atomic mass is 35.5. The van der Waals surface area contributed by atoms with Gasteiger partial charge in [-0.3, -0.25) is 4.90 Å². The van der Waals surface area contributed by atoms with Gasteiger partial charge in [0.25, 0.3) is 0 Å². The first kappa shape index (κ1) is 29.3. The van der Waals surface area contributed by atoms with Crippen LogP contribution in [0.1, 0.15) is 56.0 Å². The third-order valence-corrected chi connectivity index (χ3v) is 9.13. The minimum Gasteiger partial charge on any atom is -0.465 e. The molecule has 0 saturated carbocycles. The van der Waals surface area contributed by atoms with Crippen molar-refractivity contribution >= 4 is 39.9 Å². The summed E-state index contributed by atoms with van der Waals surface area (Å²) in [5, 5.41) is 1.71. The average molecular weight is 599 g/mol. The van der Waals surface area contributed by atoms with E-state index in [1.807, 2.05) is 42.6 Å². The van der Waals surface area contributed by atoms with E-state index in [2.05, 4.69) is 52.7 Å². The second-order valence-corrected chi connectivity index (χ2v) is 13.0. The highest BCUT2D eigenvalue weighted by molar-refractivity contribution is 6.30. The number of hydrogen-bond donors (Lipinski definition) is 1. The summed E-state index contributed by atoms with van der Waals surface area (Å²) in [5.41, 5.74) is 6.81. The third-order valence-electron chi connectivity index (χ3n) is 8.88. The van der Waals surface area contributed by atoms with Crippen LogP contribution in [0.4, 0.5) is 5.69 Å². The minimum atomic E-state index is -0.434. The molecule has 8 heteroatoms. The first-order valence-corrected chi connectivity index (χ1v) is 15.4. The summed E-state index contributed by atoms with van der Waals surface area (Å²) >= 11 is 6.22. The molecule has 4 aromatic rings. The number of rotatable bonds is 7. The maximum Gasteiger partial charge on any atom is 0.341 e. The number of aromatic amines is 1. The average Bonchev–Trinajstić information content (AvgIpc) is 3.47. The summed E-state index contributed by atoms with van der Waals surface area (Å²) in [6.45, 7) is 10.7. The van der Waals surface area contributed by atoms with Crippen molar-refractivity contribution < 1.29 is 14.3 Å². The number of halogens is 1. The van der Waals surface area contributed by atoms with Crippen molar-refractivity contribution in [3.8, 4) is 11.5 Å². The van der Waals surface area contributed by atoms with Gasteiger partial charge in [0.05, 0.1) is 13.3 Å². The molecule has 1 aliphatic carbocycles. The highest BCUT2D eigenvalue weighted by Crippen LogP contribution is 2.43. The van der Waals surface area contributed by atoms with Gasteiger partial charge in [-0.1, -0.05) is 43.2 Å². The Morgan fingerprint density at radius 3 is 2.70 bits per heavy atom. The molecule has 43 heavy (non-hydrogen) atoms. The van der Waals surface area contributed by atoms with E-state index >= 15 is 0 Å². The smallest absolute Gasteiger partial charge is 0.341 e. The zero-order chi connectivity index (χ0) is 30.1. The summed E-state index contributed by atoms with van der Waals surface area (Å²) in [4.78, 5) is 25.1. The fraction of sp³-hybridized carbons (Fsp3) is 0.371. The quantitative estimate of drug-likeness (QED) is 0.218. The Morgan fingerprint density at radius 1 is 1.12 bits per heavy atom. The second kappa shape index (κ2) is 12.1. The van der Waals surface area contributed by atoms with Gasteiger partial charge in [0.15, 0.2) is 0 Å². The number of nitrogens with zero attached hydrogens (tertiary/aromatic N) is 3. The number of anilines is 1. The fourth-order valence-electron chi connectivity index (χ4n) is 6.35. The molecule has 7 nitrogen and oxygen atoms in total. The molecular formula is C35H39ClN4O3.